The highest BCUT2D eigenvalue weighted by molar-refractivity contribution is 5.87. The Kier molecular flexibility index (Phi) is 9.83. The van der Waals surface area contributed by atoms with Crippen molar-refractivity contribution in [2.75, 3.05) is 7.11 Å². The van der Waals surface area contributed by atoms with Gasteiger partial charge in [0.15, 0.2) is 34.5 Å². The van der Waals surface area contributed by atoms with Gasteiger partial charge in [0.05, 0.1) is 25.7 Å². The van der Waals surface area contributed by atoms with Gasteiger partial charge in [-0.2, -0.15) is 0 Å². The molecule has 0 aliphatic rings. The minimum absolute atomic E-state index is 0.333. The molecular weight excluding hydrogens is 474 g/mol. The second-order valence-corrected chi connectivity index (χ2v) is 5.63. The number of hydrogen-bond donors (Lipinski definition) is 4. The molecule has 3 rings (SSSR count). The minimum atomic E-state index is -1.51. The third-order valence-corrected chi connectivity index (χ3v) is 3.25. The van der Waals surface area contributed by atoms with Crippen LogP contribution in [-0.2, 0) is 4.74 Å². The fourth-order valence-electron chi connectivity index (χ4n) is 1.83. The zero-order valence-corrected chi connectivity index (χ0v) is 16.7. The number of hydrogen-bond acceptors (Lipinski definition) is 9. The van der Waals surface area contributed by atoms with E-state index in [1.54, 1.807) is 0 Å². The molecule has 4 N–H and O–H groups in total. The van der Waals surface area contributed by atoms with E-state index in [-0.39, 0.29) is 5.75 Å². The van der Waals surface area contributed by atoms with Crippen LogP contribution in [0.5, 0.6) is 11.5 Å². The van der Waals surface area contributed by atoms with Gasteiger partial charge in [-0.3, -0.25) is 0 Å². The average molecular weight is 487 g/mol. The highest BCUT2D eigenvalue weighted by Gasteiger charge is 2.14. The number of rotatable bonds is 3. The lowest BCUT2D eigenvalue weighted by Crippen LogP contribution is -2.06. The number of halogens is 4. The van der Waals surface area contributed by atoms with Crippen LogP contribution >= 0.6 is 0 Å². The van der Waals surface area contributed by atoms with Gasteiger partial charge >= 0.3 is 17.9 Å². The van der Waals surface area contributed by atoms with Crippen molar-refractivity contribution in [1.82, 2.24) is 15.0 Å². The van der Waals surface area contributed by atoms with Crippen LogP contribution in [0.15, 0.2) is 36.8 Å². The number of carboxylic acid groups (broad SMARTS) is 2. The molecule has 0 spiro atoms. The molecule has 0 fully saturated rings. The van der Waals surface area contributed by atoms with E-state index >= 15 is 0 Å². The van der Waals surface area contributed by atoms with Gasteiger partial charge in [0.1, 0.15) is 17.3 Å². The van der Waals surface area contributed by atoms with Crippen LogP contribution in [0.3, 0.4) is 0 Å². The summed E-state index contributed by atoms with van der Waals surface area (Å²) in [5, 5.41) is 33.9. The Hall–Kier alpha value is -4.82. The van der Waals surface area contributed by atoms with Gasteiger partial charge in [-0.1, -0.05) is 0 Å². The number of pyridine rings is 3. The molecule has 0 unspecified atom stereocenters. The normalized spacial score (nSPS) is 9.56. The van der Waals surface area contributed by atoms with Crippen LogP contribution in [0.25, 0.3) is 0 Å². The Morgan fingerprint density at radius 1 is 0.706 bits per heavy atom. The van der Waals surface area contributed by atoms with E-state index in [1.807, 2.05) is 0 Å². The third kappa shape index (κ3) is 8.03. The molecule has 3 aromatic rings. The van der Waals surface area contributed by atoms with E-state index in [4.69, 9.17) is 20.4 Å². The summed E-state index contributed by atoms with van der Waals surface area (Å²) in [6.07, 6.45) is 2.48. The first-order valence-electron chi connectivity index (χ1n) is 8.42. The summed E-state index contributed by atoms with van der Waals surface area (Å²) in [5.41, 5.74) is -1.90. The van der Waals surface area contributed by atoms with Crippen molar-refractivity contribution >= 4 is 17.9 Å². The third-order valence-electron chi connectivity index (χ3n) is 3.25. The van der Waals surface area contributed by atoms with Gasteiger partial charge < -0.3 is 25.2 Å². The molecule has 3 heterocycles. The lowest BCUT2D eigenvalue weighted by Gasteiger charge is -1.99. The largest absolute Gasteiger partial charge is 0.506 e. The molecule has 34 heavy (non-hydrogen) atoms. The lowest BCUT2D eigenvalue weighted by molar-refractivity contribution is 0.0586. The van der Waals surface area contributed by atoms with E-state index in [0.29, 0.717) is 18.3 Å². The monoisotopic (exact) mass is 487 g/mol. The number of nitrogens with zero attached hydrogens (tertiary/aromatic N) is 3. The molecule has 11 nitrogen and oxygen atoms in total. The summed E-state index contributed by atoms with van der Waals surface area (Å²) in [6.45, 7) is 0. The number of methoxy groups -OCH3 is 1. The van der Waals surface area contributed by atoms with Crippen LogP contribution in [-0.4, -0.2) is 60.4 Å². The molecule has 3 aromatic heterocycles. The summed E-state index contributed by atoms with van der Waals surface area (Å²) in [5.74, 6) is -8.57. The lowest BCUT2D eigenvalue weighted by atomic mass is 10.3. The SMILES string of the molecule is COC(=O)c1ncc(O)cc1F.O=C(O)c1ncc(F)cc1F.O=C(O)c1ncc(O)cc1F. The predicted octanol–water partition coefficient (Wildman–Crippen LogP) is 2.40. The van der Waals surface area contributed by atoms with Crippen molar-refractivity contribution in [1.29, 1.82) is 0 Å². The molecule has 180 valence electrons. The van der Waals surface area contributed by atoms with Crippen LogP contribution < -0.4 is 0 Å². The number of ether oxygens (including phenoxy) is 1. The first-order chi connectivity index (χ1) is 15.9. The van der Waals surface area contributed by atoms with Gasteiger partial charge in [-0.25, -0.2) is 46.9 Å². The number of aromatic carboxylic acids is 2. The number of carbonyl (C=O) groups is 3. The van der Waals surface area contributed by atoms with Crippen molar-refractivity contribution in [2.45, 2.75) is 0 Å². The van der Waals surface area contributed by atoms with Crippen LogP contribution in [0, 0.1) is 23.3 Å². The zero-order valence-electron chi connectivity index (χ0n) is 16.7. The molecule has 0 saturated carbocycles. The summed E-state index contributed by atoms with van der Waals surface area (Å²) in [7, 11) is 1.12. The molecule has 0 saturated heterocycles. The smallest absolute Gasteiger partial charge is 0.359 e. The van der Waals surface area contributed by atoms with E-state index in [1.165, 1.54) is 0 Å². The first kappa shape index (κ1) is 27.2. The quantitative estimate of drug-likeness (QED) is 0.315. The summed E-state index contributed by atoms with van der Waals surface area (Å²) < 4.78 is 54.0. The first-order valence-corrected chi connectivity index (χ1v) is 8.42. The van der Waals surface area contributed by atoms with Gasteiger partial charge in [-0.05, 0) is 0 Å². The molecule has 0 aromatic carbocycles. The van der Waals surface area contributed by atoms with E-state index in [0.717, 1.165) is 25.6 Å². The molecular formula is C19H13F4N3O8. The van der Waals surface area contributed by atoms with Gasteiger partial charge in [0, 0.05) is 18.2 Å². The van der Waals surface area contributed by atoms with Gasteiger partial charge in [0.25, 0.3) is 0 Å². The summed E-state index contributed by atoms with van der Waals surface area (Å²) >= 11 is 0. The van der Waals surface area contributed by atoms with Gasteiger partial charge in [0.2, 0.25) is 0 Å². The average Bonchev–Trinajstić information content (AvgIpc) is 2.73. The highest BCUT2D eigenvalue weighted by atomic mass is 19.1. The Bertz CT molecular complexity index is 1150. The van der Waals surface area contributed by atoms with E-state index in [2.05, 4.69) is 19.7 Å². The minimum Gasteiger partial charge on any atom is -0.506 e. The number of carbonyl (C=O) groups excluding carboxylic acids is 1. The Labute approximate surface area is 186 Å². The van der Waals surface area contributed by atoms with Crippen molar-refractivity contribution in [3.05, 3.63) is 77.1 Å². The molecule has 0 aliphatic heterocycles. The number of aromatic hydroxyl groups is 2. The zero-order chi connectivity index (χ0) is 26.0. The summed E-state index contributed by atoms with van der Waals surface area (Å²) in [4.78, 5) is 40.5. The molecule has 15 heteroatoms. The Morgan fingerprint density at radius 3 is 1.44 bits per heavy atom. The van der Waals surface area contributed by atoms with E-state index in [9.17, 15) is 31.9 Å². The number of aromatic nitrogens is 3. The highest BCUT2D eigenvalue weighted by Crippen LogP contribution is 2.12. The van der Waals surface area contributed by atoms with Crippen LogP contribution in [0.4, 0.5) is 17.6 Å². The van der Waals surface area contributed by atoms with Crippen molar-refractivity contribution < 1.29 is 57.1 Å². The second-order valence-electron chi connectivity index (χ2n) is 5.63. The van der Waals surface area contributed by atoms with Crippen LogP contribution in [0.2, 0.25) is 0 Å². The molecule has 0 aliphatic carbocycles. The topological polar surface area (TPSA) is 180 Å². The maximum absolute atomic E-state index is 12.8. The number of esters is 1. The van der Waals surface area contributed by atoms with Crippen molar-refractivity contribution in [3.63, 3.8) is 0 Å². The molecule has 0 bridgehead atoms. The predicted molar refractivity (Wildman–Crippen MR) is 101 cm³/mol. The standard InChI is InChI=1S/C7H6FNO3.C6H3F2NO2.C6H4FNO3/c1-12-7(11)6-5(8)2-4(10)3-9-6;7-3-1-4(8)5(6(10)11)9-2-3;7-4-1-3(9)2-8-5(4)6(10)11/h2-3,10H,1H3;1-2H,(H,10,11);1-2,9H,(H,10,11). The fourth-order valence-corrected chi connectivity index (χ4v) is 1.83. The Balaban J connectivity index is 0.000000255. The fraction of sp³-hybridized carbons (Fsp3) is 0.0526. The molecule has 0 amide bonds. The summed E-state index contributed by atoms with van der Waals surface area (Å²) in [6, 6.07) is 1.95. The van der Waals surface area contributed by atoms with Crippen molar-refractivity contribution in [2.24, 2.45) is 0 Å². The van der Waals surface area contributed by atoms with Crippen LogP contribution in [0.1, 0.15) is 31.5 Å². The maximum atomic E-state index is 12.8. The van der Waals surface area contributed by atoms with Gasteiger partial charge in [-0.15, -0.1) is 0 Å². The van der Waals surface area contributed by atoms with E-state index < -0.39 is 64.0 Å². The second kappa shape index (κ2) is 12.3. The Morgan fingerprint density at radius 2 is 1.09 bits per heavy atom. The molecule has 0 radical (unpaired) electrons. The molecule has 0 atom stereocenters. The number of carboxylic acids is 2. The maximum Gasteiger partial charge on any atom is 0.359 e. The van der Waals surface area contributed by atoms with Crippen molar-refractivity contribution in [3.8, 4) is 11.5 Å².